The SMILES string of the molecule is CCCCOc1ccc(Cl)cc1/C=C(/C#N)C(=O)Nc1ccc(OC)cc1. The second-order valence-electron chi connectivity index (χ2n) is 5.74. The van der Waals surface area contributed by atoms with E-state index in [2.05, 4.69) is 12.2 Å². The fraction of sp³-hybridized carbons (Fsp3) is 0.238. The third kappa shape index (κ3) is 6.05. The first-order valence-corrected chi connectivity index (χ1v) is 8.94. The van der Waals surface area contributed by atoms with E-state index in [0.717, 1.165) is 12.8 Å². The lowest BCUT2D eigenvalue weighted by Gasteiger charge is -2.10. The number of hydrogen-bond acceptors (Lipinski definition) is 4. The van der Waals surface area contributed by atoms with E-state index >= 15 is 0 Å². The highest BCUT2D eigenvalue weighted by Crippen LogP contribution is 2.26. The molecule has 5 nitrogen and oxygen atoms in total. The van der Waals surface area contributed by atoms with Crippen LogP contribution >= 0.6 is 11.6 Å². The average Bonchev–Trinajstić information content (AvgIpc) is 2.68. The topological polar surface area (TPSA) is 71.3 Å². The number of amides is 1. The number of benzene rings is 2. The van der Waals surface area contributed by atoms with Crippen molar-refractivity contribution in [3.8, 4) is 17.6 Å². The number of unbranched alkanes of at least 4 members (excludes halogenated alkanes) is 1. The molecule has 0 aliphatic heterocycles. The van der Waals surface area contributed by atoms with Crippen LogP contribution in [0.3, 0.4) is 0 Å². The van der Waals surface area contributed by atoms with E-state index < -0.39 is 5.91 Å². The highest BCUT2D eigenvalue weighted by Gasteiger charge is 2.12. The zero-order valence-electron chi connectivity index (χ0n) is 15.3. The summed E-state index contributed by atoms with van der Waals surface area (Å²) >= 11 is 6.06. The number of anilines is 1. The number of carbonyl (C=O) groups is 1. The highest BCUT2D eigenvalue weighted by molar-refractivity contribution is 6.30. The molecule has 1 amide bonds. The smallest absolute Gasteiger partial charge is 0.266 e. The highest BCUT2D eigenvalue weighted by atomic mass is 35.5. The molecule has 0 bridgehead atoms. The predicted molar refractivity (Wildman–Crippen MR) is 107 cm³/mol. The van der Waals surface area contributed by atoms with E-state index in [9.17, 15) is 10.1 Å². The van der Waals surface area contributed by atoms with Crippen molar-refractivity contribution in [2.75, 3.05) is 19.0 Å². The fourth-order valence-electron chi connectivity index (χ4n) is 2.27. The van der Waals surface area contributed by atoms with Gasteiger partial charge < -0.3 is 14.8 Å². The molecule has 0 aromatic heterocycles. The molecule has 140 valence electrons. The molecule has 0 spiro atoms. The molecule has 0 fully saturated rings. The van der Waals surface area contributed by atoms with E-state index in [1.54, 1.807) is 49.6 Å². The molecule has 0 radical (unpaired) electrons. The van der Waals surface area contributed by atoms with Crippen molar-refractivity contribution in [1.29, 1.82) is 5.26 Å². The van der Waals surface area contributed by atoms with Crippen LogP contribution in [0.4, 0.5) is 5.69 Å². The van der Waals surface area contributed by atoms with Crippen LogP contribution in [0.5, 0.6) is 11.5 Å². The molecule has 2 rings (SSSR count). The summed E-state index contributed by atoms with van der Waals surface area (Å²) in [6, 6.07) is 13.9. The number of nitriles is 1. The van der Waals surface area contributed by atoms with Gasteiger partial charge in [-0.2, -0.15) is 5.26 Å². The predicted octanol–water partition coefficient (Wildman–Crippen LogP) is 5.07. The van der Waals surface area contributed by atoms with E-state index in [0.29, 0.717) is 34.4 Å². The second-order valence-corrected chi connectivity index (χ2v) is 6.17. The first kappa shape index (κ1) is 20.3. The maximum atomic E-state index is 12.5. The maximum Gasteiger partial charge on any atom is 0.266 e. The molecule has 1 N–H and O–H groups in total. The van der Waals surface area contributed by atoms with Gasteiger partial charge in [0.05, 0.1) is 13.7 Å². The molecule has 2 aromatic rings. The zero-order chi connectivity index (χ0) is 19.6. The van der Waals surface area contributed by atoms with Crippen molar-refractivity contribution in [2.45, 2.75) is 19.8 Å². The zero-order valence-corrected chi connectivity index (χ0v) is 16.0. The largest absolute Gasteiger partial charge is 0.497 e. The summed E-state index contributed by atoms with van der Waals surface area (Å²) in [6.07, 6.45) is 3.40. The molecule has 0 aliphatic rings. The van der Waals surface area contributed by atoms with Gasteiger partial charge in [0.1, 0.15) is 23.1 Å². The van der Waals surface area contributed by atoms with Crippen LogP contribution in [-0.2, 0) is 4.79 Å². The first-order valence-electron chi connectivity index (χ1n) is 8.57. The maximum absolute atomic E-state index is 12.5. The Hall–Kier alpha value is -2.97. The Morgan fingerprint density at radius 1 is 1.26 bits per heavy atom. The molecule has 0 saturated carbocycles. The van der Waals surface area contributed by atoms with Crippen LogP contribution < -0.4 is 14.8 Å². The molecule has 0 heterocycles. The van der Waals surface area contributed by atoms with Crippen LogP contribution in [0.15, 0.2) is 48.0 Å². The van der Waals surface area contributed by atoms with Crippen LogP contribution in [0.1, 0.15) is 25.3 Å². The molecule has 0 saturated heterocycles. The van der Waals surface area contributed by atoms with E-state index in [1.165, 1.54) is 6.08 Å². The summed E-state index contributed by atoms with van der Waals surface area (Å²) in [4.78, 5) is 12.5. The molecule has 2 aromatic carbocycles. The summed E-state index contributed by atoms with van der Waals surface area (Å²) in [6.45, 7) is 2.63. The normalized spacial score (nSPS) is 10.8. The first-order chi connectivity index (χ1) is 13.1. The lowest BCUT2D eigenvalue weighted by Crippen LogP contribution is -2.13. The number of hydrogen-bond donors (Lipinski definition) is 1. The van der Waals surface area contributed by atoms with Gasteiger partial charge in [0, 0.05) is 16.3 Å². The van der Waals surface area contributed by atoms with Crippen molar-refractivity contribution in [3.63, 3.8) is 0 Å². The Morgan fingerprint density at radius 3 is 2.63 bits per heavy atom. The van der Waals surface area contributed by atoms with Gasteiger partial charge in [0.25, 0.3) is 5.91 Å². The van der Waals surface area contributed by atoms with Gasteiger partial charge in [-0.15, -0.1) is 0 Å². The average molecular weight is 385 g/mol. The summed E-state index contributed by atoms with van der Waals surface area (Å²) in [5, 5.41) is 12.6. The molecule has 0 atom stereocenters. The molecule has 27 heavy (non-hydrogen) atoms. The third-order valence-electron chi connectivity index (χ3n) is 3.74. The number of halogens is 1. The van der Waals surface area contributed by atoms with Crippen LogP contribution in [0.25, 0.3) is 6.08 Å². The van der Waals surface area contributed by atoms with Gasteiger partial charge in [-0.25, -0.2) is 0 Å². The van der Waals surface area contributed by atoms with Gasteiger partial charge in [-0.3, -0.25) is 4.79 Å². The Kier molecular flexibility index (Phi) is 7.72. The lowest BCUT2D eigenvalue weighted by molar-refractivity contribution is -0.112. The Bertz CT molecular complexity index is 855. The molecule has 6 heteroatoms. The van der Waals surface area contributed by atoms with Crippen molar-refractivity contribution in [2.24, 2.45) is 0 Å². The number of methoxy groups -OCH3 is 1. The minimum absolute atomic E-state index is 0.0478. The summed E-state index contributed by atoms with van der Waals surface area (Å²) in [7, 11) is 1.56. The summed E-state index contributed by atoms with van der Waals surface area (Å²) in [5.74, 6) is 0.747. The quantitative estimate of drug-likeness (QED) is 0.391. The minimum atomic E-state index is -0.512. The lowest BCUT2D eigenvalue weighted by atomic mass is 10.1. The van der Waals surface area contributed by atoms with Crippen LogP contribution in [-0.4, -0.2) is 19.6 Å². The monoisotopic (exact) mass is 384 g/mol. The number of nitrogens with one attached hydrogen (secondary N) is 1. The number of ether oxygens (including phenoxy) is 2. The molecule has 0 aliphatic carbocycles. The van der Waals surface area contributed by atoms with Gasteiger partial charge in [-0.1, -0.05) is 24.9 Å². The molecular weight excluding hydrogens is 364 g/mol. The Labute approximate surface area is 164 Å². The van der Waals surface area contributed by atoms with E-state index in [-0.39, 0.29) is 5.57 Å². The van der Waals surface area contributed by atoms with Crippen molar-refractivity contribution in [3.05, 3.63) is 58.6 Å². The number of carbonyl (C=O) groups excluding carboxylic acids is 1. The van der Waals surface area contributed by atoms with Gasteiger partial charge in [0.2, 0.25) is 0 Å². The third-order valence-corrected chi connectivity index (χ3v) is 3.98. The van der Waals surface area contributed by atoms with Gasteiger partial charge in [-0.05, 0) is 55.0 Å². The second kappa shape index (κ2) is 10.2. The number of nitrogens with zero attached hydrogens (tertiary/aromatic N) is 1. The summed E-state index contributed by atoms with van der Waals surface area (Å²) < 4.78 is 10.8. The Morgan fingerprint density at radius 2 is 2.00 bits per heavy atom. The van der Waals surface area contributed by atoms with Crippen molar-refractivity contribution in [1.82, 2.24) is 0 Å². The van der Waals surface area contributed by atoms with Crippen molar-refractivity contribution < 1.29 is 14.3 Å². The van der Waals surface area contributed by atoms with E-state index in [1.807, 2.05) is 6.07 Å². The minimum Gasteiger partial charge on any atom is -0.497 e. The number of rotatable bonds is 8. The van der Waals surface area contributed by atoms with Gasteiger partial charge >= 0.3 is 0 Å². The standard InChI is InChI=1S/C21H21ClN2O3/c1-3-4-11-27-20-10-5-17(22)13-15(20)12-16(14-23)21(25)24-18-6-8-19(26-2)9-7-18/h5-10,12-13H,3-4,11H2,1-2H3,(H,24,25)/b16-12-. The fourth-order valence-corrected chi connectivity index (χ4v) is 2.45. The van der Waals surface area contributed by atoms with Gasteiger partial charge in [0.15, 0.2) is 0 Å². The van der Waals surface area contributed by atoms with Crippen LogP contribution in [0.2, 0.25) is 5.02 Å². The summed E-state index contributed by atoms with van der Waals surface area (Å²) in [5.41, 5.74) is 1.10. The molecule has 0 unspecified atom stereocenters. The Balaban J connectivity index is 2.22. The van der Waals surface area contributed by atoms with E-state index in [4.69, 9.17) is 21.1 Å². The van der Waals surface area contributed by atoms with Crippen LogP contribution in [0, 0.1) is 11.3 Å². The van der Waals surface area contributed by atoms with Crippen molar-refractivity contribution >= 4 is 29.3 Å². The molecular formula is C21H21ClN2O3.